The van der Waals surface area contributed by atoms with Crippen molar-refractivity contribution in [1.82, 2.24) is 5.43 Å². The molecule has 3 N–H and O–H groups in total. The summed E-state index contributed by atoms with van der Waals surface area (Å²) in [5, 5.41) is 1.92. The highest BCUT2D eigenvalue weighted by Gasteiger charge is 2.18. The van der Waals surface area contributed by atoms with Gasteiger partial charge < -0.3 is 10.5 Å². The summed E-state index contributed by atoms with van der Waals surface area (Å²) in [6.07, 6.45) is 0.966. The molecule has 1 aliphatic rings. The molecule has 0 aromatic heterocycles. The van der Waals surface area contributed by atoms with Crippen LogP contribution in [-0.4, -0.2) is 32.1 Å². The van der Waals surface area contributed by atoms with Crippen LogP contribution in [0.2, 0.25) is 0 Å². The van der Waals surface area contributed by atoms with Gasteiger partial charge in [0.2, 0.25) is 5.96 Å². The van der Waals surface area contributed by atoms with Crippen LogP contribution in [0.1, 0.15) is 5.56 Å². The maximum absolute atomic E-state index is 10.9. The molecule has 0 atom stereocenters. The van der Waals surface area contributed by atoms with Crippen LogP contribution in [0.3, 0.4) is 0 Å². The molecule has 1 heterocycles. The fraction of sp³-hybridized carbons (Fsp3) is 0.333. The van der Waals surface area contributed by atoms with E-state index in [2.05, 4.69) is 21.2 Å². The lowest BCUT2D eigenvalue weighted by Gasteiger charge is -2.20. The summed E-state index contributed by atoms with van der Waals surface area (Å²) in [6.45, 7) is 0.749. The summed E-state index contributed by atoms with van der Waals surface area (Å²) in [4.78, 5) is 14.8. The van der Waals surface area contributed by atoms with Gasteiger partial charge in [0.15, 0.2) is 0 Å². The molecule has 0 amide bonds. The van der Waals surface area contributed by atoms with Gasteiger partial charge in [-0.05, 0) is 18.1 Å². The summed E-state index contributed by atoms with van der Waals surface area (Å²) in [5.74, 6) is -0.210. The molecule has 1 aromatic rings. The maximum atomic E-state index is 10.9. The predicted molar refractivity (Wildman–Crippen MR) is 69.1 cm³/mol. The van der Waals surface area contributed by atoms with Crippen LogP contribution in [0, 0.1) is 0 Å². The van der Waals surface area contributed by atoms with E-state index in [1.165, 1.54) is 12.7 Å². The second-order valence-corrected chi connectivity index (χ2v) is 3.92. The number of esters is 1. The van der Waals surface area contributed by atoms with Crippen LogP contribution < -0.4 is 16.2 Å². The molecule has 6 heteroatoms. The van der Waals surface area contributed by atoms with Crippen LogP contribution >= 0.6 is 0 Å². The molecule has 1 aromatic carbocycles. The highest BCUT2D eigenvalue weighted by molar-refractivity contribution is 5.83. The second kappa shape index (κ2) is 5.39. The third kappa shape index (κ3) is 2.71. The minimum Gasteiger partial charge on any atom is -0.468 e. The molecular formula is C12H16N4O2. The quantitative estimate of drug-likeness (QED) is 0.448. The van der Waals surface area contributed by atoms with Gasteiger partial charge >= 0.3 is 5.97 Å². The van der Waals surface area contributed by atoms with E-state index in [4.69, 9.17) is 5.73 Å². The Hall–Kier alpha value is -2.24. The molecule has 0 unspecified atom stereocenters. The summed E-state index contributed by atoms with van der Waals surface area (Å²) >= 11 is 0. The van der Waals surface area contributed by atoms with E-state index in [0.29, 0.717) is 0 Å². The van der Waals surface area contributed by atoms with Gasteiger partial charge in [-0.25, -0.2) is 4.99 Å². The number of hydrogen-bond acceptors (Lipinski definition) is 4. The van der Waals surface area contributed by atoms with E-state index in [-0.39, 0.29) is 12.5 Å². The maximum Gasteiger partial charge on any atom is 0.327 e. The molecule has 0 bridgehead atoms. The van der Waals surface area contributed by atoms with Gasteiger partial charge in [-0.2, -0.15) is 0 Å². The number of fused-ring (bicyclic) bond motifs is 1. The number of hydrogen-bond donors (Lipinski definition) is 2. The molecule has 18 heavy (non-hydrogen) atoms. The van der Waals surface area contributed by atoms with E-state index < -0.39 is 5.97 Å². The number of nitrogens with zero attached hydrogens (tertiary/aromatic N) is 2. The Balaban J connectivity index is 1.97. The molecule has 1 aliphatic heterocycles. The zero-order valence-electron chi connectivity index (χ0n) is 10.2. The van der Waals surface area contributed by atoms with Gasteiger partial charge in [0, 0.05) is 6.54 Å². The largest absolute Gasteiger partial charge is 0.468 e. The van der Waals surface area contributed by atoms with E-state index in [1.54, 1.807) is 0 Å². The van der Waals surface area contributed by atoms with Crippen molar-refractivity contribution in [1.29, 1.82) is 0 Å². The second-order valence-electron chi connectivity index (χ2n) is 3.92. The Morgan fingerprint density at radius 3 is 3.11 bits per heavy atom. The third-order valence-corrected chi connectivity index (χ3v) is 2.74. The average Bonchev–Trinajstić information content (AvgIpc) is 2.79. The summed E-state index contributed by atoms with van der Waals surface area (Å²) in [7, 11) is 1.32. The lowest BCUT2D eigenvalue weighted by atomic mass is 10.2. The lowest BCUT2D eigenvalue weighted by Crippen LogP contribution is -2.45. The van der Waals surface area contributed by atoms with Gasteiger partial charge in [-0.3, -0.25) is 15.2 Å². The lowest BCUT2D eigenvalue weighted by molar-refractivity contribution is -0.138. The molecule has 0 saturated carbocycles. The number of aliphatic imine (C=N–C) groups is 1. The van der Waals surface area contributed by atoms with E-state index in [9.17, 15) is 4.79 Å². The third-order valence-electron chi connectivity index (χ3n) is 2.74. The molecular weight excluding hydrogens is 232 g/mol. The Labute approximate surface area is 105 Å². The number of ether oxygens (including phenoxy) is 1. The van der Waals surface area contributed by atoms with E-state index in [1.807, 2.05) is 23.2 Å². The zero-order valence-corrected chi connectivity index (χ0v) is 10.2. The van der Waals surface area contributed by atoms with Crippen molar-refractivity contribution in [2.24, 2.45) is 10.7 Å². The fourth-order valence-corrected chi connectivity index (χ4v) is 1.84. The molecule has 6 nitrogen and oxygen atoms in total. The first-order valence-corrected chi connectivity index (χ1v) is 5.69. The fourth-order valence-electron chi connectivity index (χ4n) is 1.84. The van der Waals surface area contributed by atoms with Crippen molar-refractivity contribution in [3.8, 4) is 0 Å². The molecule has 0 saturated heterocycles. The number of benzene rings is 1. The van der Waals surface area contributed by atoms with E-state index in [0.717, 1.165) is 18.7 Å². The first-order valence-electron chi connectivity index (χ1n) is 5.69. The minimum absolute atomic E-state index is 0.0786. The van der Waals surface area contributed by atoms with Crippen LogP contribution in [-0.2, 0) is 16.0 Å². The highest BCUT2D eigenvalue weighted by Crippen LogP contribution is 2.25. The highest BCUT2D eigenvalue weighted by atomic mass is 16.5. The molecule has 2 rings (SSSR count). The number of guanidine groups is 1. The standard InChI is InChI=1S/C12H16N4O2/c1-18-11(17)8-14-12(13)15-16-7-6-9-4-2-3-5-10(9)16/h2-5H,6-8H2,1H3,(H3,13,14,15). The van der Waals surface area contributed by atoms with Crippen molar-refractivity contribution >= 4 is 17.6 Å². The number of anilines is 1. The number of carbonyl (C=O) groups is 1. The normalized spacial score (nSPS) is 14.3. The van der Waals surface area contributed by atoms with Crippen LogP contribution in [0.5, 0.6) is 0 Å². The SMILES string of the molecule is COC(=O)CN=C(N)NN1CCc2ccccc21. The molecule has 0 aliphatic carbocycles. The summed E-state index contributed by atoms with van der Waals surface area (Å²) in [5.41, 5.74) is 11.0. The van der Waals surface area contributed by atoms with Crippen LogP contribution in [0.25, 0.3) is 0 Å². The topological polar surface area (TPSA) is 79.9 Å². The monoisotopic (exact) mass is 248 g/mol. The Morgan fingerprint density at radius 2 is 2.33 bits per heavy atom. The van der Waals surface area contributed by atoms with E-state index >= 15 is 0 Å². The van der Waals surface area contributed by atoms with Gasteiger partial charge in [-0.1, -0.05) is 18.2 Å². The Kier molecular flexibility index (Phi) is 3.66. The summed E-state index contributed by atoms with van der Waals surface area (Å²) in [6, 6.07) is 8.08. The first-order chi connectivity index (χ1) is 8.70. The Bertz CT molecular complexity index is 473. The van der Waals surface area contributed by atoms with Crippen LogP contribution in [0.4, 0.5) is 5.69 Å². The smallest absolute Gasteiger partial charge is 0.327 e. The molecule has 96 valence electrons. The van der Waals surface area contributed by atoms with Crippen molar-refractivity contribution in [2.75, 3.05) is 25.2 Å². The van der Waals surface area contributed by atoms with Gasteiger partial charge in [0.05, 0.1) is 12.8 Å². The number of nitrogens with one attached hydrogen (secondary N) is 1. The summed E-state index contributed by atoms with van der Waals surface area (Å²) < 4.78 is 4.48. The number of rotatable bonds is 3. The minimum atomic E-state index is -0.415. The molecule has 0 spiro atoms. The number of para-hydroxylation sites is 1. The van der Waals surface area contributed by atoms with Crippen LogP contribution in [0.15, 0.2) is 29.3 Å². The van der Waals surface area contributed by atoms with Gasteiger partial charge in [-0.15, -0.1) is 0 Å². The number of carbonyl (C=O) groups excluding carboxylic acids is 1. The molecule has 0 fully saturated rings. The predicted octanol–water partition coefficient (Wildman–Crippen LogP) is 0.0414. The first kappa shape index (κ1) is 12.2. The van der Waals surface area contributed by atoms with Crippen molar-refractivity contribution < 1.29 is 9.53 Å². The van der Waals surface area contributed by atoms with Crippen molar-refractivity contribution in [3.63, 3.8) is 0 Å². The van der Waals surface area contributed by atoms with Crippen molar-refractivity contribution in [2.45, 2.75) is 6.42 Å². The van der Waals surface area contributed by atoms with Crippen molar-refractivity contribution in [3.05, 3.63) is 29.8 Å². The number of hydrazine groups is 1. The van der Waals surface area contributed by atoms with Gasteiger partial charge in [0.25, 0.3) is 0 Å². The van der Waals surface area contributed by atoms with Gasteiger partial charge in [0.1, 0.15) is 6.54 Å². The molecule has 0 radical (unpaired) electrons. The Morgan fingerprint density at radius 1 is 1.56 bits per heavy atom. The average molecular weight is 248 g/mol. The zero-order chi connectivity index (χ0) is 13.0. The number of methoxy groups -OCH3 is 1. The number of nitrogens with two attached hydrogens (primary N) is 1.